The molecule has 0 radical (unpaired) electrons. The second-order valence-electron chi connectivity index (χ2n) is 4.62. The molecule has 0 N–H and O–H groups in total. The van der Waals surface area contributed by atoms with E-state index in [1.54, 1.807) is 13.0 Å². The van der Waals surface area contributed by atoms with E-state index in [1.165, 1.54) is 11.3 Å². The Morgan fingerprint density at radius 3 is 2.52 bits per heavy atom. The quantitative estimate of drug-likeness (QED) is 0.787. The van der Waals surface area contributed by atoms with Gasteiger partial charge in [0.25, 0.3) is 0 Å². The summed E-state index contributed by atoms with van der Waals surface area (Å²) >= 11 is 1.49. The SMILES string of the molecule is CCCc1cc(=O)c(C(=O)OCC)c(-c2ccccc2)s1. The zero-order chi connectivity index (χ0) is 15.2. The summed E-state index contributed by atoms with van der Waals surface area (Å²) in [6.45, 7) is 4.06. The van der Waals surface area contributed by atoms with Crippen LogP contribution in [0.2, 0.25) is 0 Å². The lowest BCUT2D eigenvalue weighted by Crippen LogP contribution is -2.18. The van der Waals surface area contributed by atoms with Crippen LogP contribution in [-0.4, -0.2) is 12.6 Å². The van der Waals surface area contributed by atoms with Gasteiger partial charge in [-0.25, -0.2) is 4.79 Å². The fourth-order valence-corrected chi connectivity index (χ4v) is 3.38. The summed E-state index contributed by atoms with van der Waals surface area (Å²) in [6.07, 6.45) is 1.80. The molecule has 1 aromatic heterocycles. The van der Waals surface area contributed by atoms with Crippen molar-refractivity contribution in [2.24, 2.45) is 0 Å². The van der Waals surface area contributed by atoms with Gasteiger partial charge in [0.05, 0.1) is 11.5 Å². The van der Waals surface area contributed by atoms with E-state index in [0.29, 0.717) is 4.88 Å². The van der Waals surface area contributed by atoms with Crippen LogP contribution in [0.3, 0.4) is 0 Å². The molecule has 2 aromatic rings. The van der Waals surface area contributed by atoms with Gasteiger partial charge >= 0.3 is 5.97 Å². The van der Waals surface area contributed by atoms with E-state index in [4.69, 9.17) is 4.74 Å². The summed E-state index contributed by atoms with van der Waals surface area (Å²) in [6, 6.07) is 11.1. The minimum absolute atomic E-state index is 0.146. The van der Waals surface area contributed by atoms with Gasteiger partial charge in [0.15, 0.2) is 5.43 Å². The van der Waals surface area contributed by atoms with Crippen molar-refractivity contribution in [3.63, 3.8) is 0 Å². The molecular weight excluding hydrogens is 284 g/mol. The normalized spacial score (nSPS) is 10.4. The van der Waals surface area contributed by atoms with Crippen LogP contribution in [0.25, 0.3) is 10.4 Å². The standard InChI is InChI=1S/C17H18O3S/c1-3-8-13-11-14(18)15(17(19)20-4-2)16(21-13)12-9-6-5-7-10-12/h5-7,9-11H,3-4,8H2,1-2H3. The maximum atomic E-state index is 12.3. The highest BCUT2D eigenvalue weighted by atomic mass is 32.1. The maximum Gasteiger partial charge on any atom is 0.343 e. The number of hydrogen-bond acceptors (Lipinski definition) is 4. The predicted molar refractivity (Wildman–Crippen MR) is 86.0 cm³/mol. The second kappa shape index (κ2) is 7.18. The summed E-state index contributed by atoms with van der Waals surface area (Å²) < 4.78 is 5.04. The van der Waals surface area contributed by atoms with Gasteiger partial charge in [-0.2, -0.15) is 0 Å². The number of aryl methyl sites for hydroxylation is 1. The fourth-order valence-electron chi connectivity index (χ4n) is 2.10. The number of rotatable bonds is 5. The first-order chi connectivity index (χ1) is 10.2. The van der Waals surface area contributed by atoms with E-state index < -0.39 is 5.97 Å². The molecule has 0 saturated carbocycles. The third kappa shape index (κ3) is 3.58. The Bertz CT molecular complexity index is 674. The smallest absolute Gasteiger partial charge is 0.343 e. The van der Waals surface area contributed by atoms with Crippen LogP contribution in [0.5, 0.6) is 0 Å². The molecule has 21 heavy (non-hydrogen) atoms. The van der Waals surface area contributed by atoms with Gasteiger partial charge < -0.3 is 4.74 Å². The zero-order valence-corrected chi connectivity index (χ0v) is 13.0. The van der Waals surface area contributed by atoms with Gasteiger partial charge in [0.2, 0.25) is 0 Å². The lowest BCUT2D eigenvalue weighted by Gasteiger charge is -2.09. The fraction of sp³-hybridized carbons (Fsp3) is 0.294. The van der Waals surface area contributed by atoms with Crippen molar-refractivity contribution in [1.82, 2.24) is 0 Å². The molecule has 0 saturated heterocycles. The number of benzene rings is 1. The van der Waals surface area contributed by atoms with Gasteiger partial charge in [-0.3, -0.25) is 4.79 Å². The molecule has 1 aromatic carbocycles. The molecular formula is C17H18O3S. The number of hydrogen-bond donors (Lipinski definition) is 0. The number of ether oxygens (including phenoxy) is 1. The minimum Gasteiger partial charge on any atom is -0.462 e. The van der Waals surface area contributed by atoms with E-state index in [1.807, 2.05) is 30.3 Å². The van der Waals surface area contributed by atoms with Crippen LogP contribution in [0.15, 0.2) is 41.2 Å². The van der Waals surface area contributed by atoms with Gasteiger partial charge in [0, 0.05) is 4.88 Å². The highest BCUT2D eigenvalue weighted by Crippen LogP contribution is 2.29. The van der Waals surface area contributed by atoms with Gasteiger partial charge in [-0.15, -0.1) is 11.3 Å². The van der Waals surface area contributed by atoms with Crippen molar-refractivity contribution < 1.29 is 9.53 Å². The molecule has 0 aliphatic heterocycles. The second-order valence-corrected chi connectivity index (χ2v) is 5.75. The van der Waals surface area contributed by atoms with Crippen LogP contribution in [0, 0.1) is 0 Å². The Hall–Kier alpha value is -1.94. The van der Waals surface area contributed by atoms with Crippen LogP contribution >= 0.6 is 11.3 Å². The highest BCUT2D eigenvalue weighted by molar-refractivity contribution is 7.15. The molecule has 0 spiro atoms. The van der Waals surface area contributed by atoms with E-state index in [2.05, 4.69) is 6.92 Å². The summed E-state index contributed by atoms with van der Waals surface area (Å²) in [5.41, 5.74) is 0.767. The number of carbonyl (C=O) groups excluding carboxylic acids is 1. The lowest BCUT2D eigenvalue weighted by atomic mass is 10.1. The number of carbonyl (C=O) groups is 1. The van der Waals surface area contributed by atoms with Crippen LogP contribution in [0.4, 0.5) is 0 Å². The molecule has 0 amide bonds. The molecule has 110 valence electrons. The third-order valence-electron chi connectivity index (χ3n) is 3.01. The van der Waals surface area contributed by atoms with Crippen LogP contribution in [0.1, 0.15) is 35.5 Å². The van der Waals surface area contributed by atoms with Crippen molar-refractivity contribution in [3.8, 4) is 10.4 Å². The molecule has 2 rings (SSSR count). The van der Waals surface area contributed by atoms with E-state index in [-0.39, 0.29) is 17.6 Å². The topological polar surface area (TPSA) is 43.4 Å². The monoisotopic (exact) mass is 302 g/mol. The zero-order valence-electron chi connectivity index (χ0n) is 12.2. The molecule has 1 heterocycles. The first-order valence-corrected chi connectivity index (χ1v) is 7.88. The molecule has 0 fully saturated rings. The van der Waals surface area contributed by atoms with Crippen LogP contribution in [-0.2, 0) is 11.2 Å². The van der Waals surface area contributed by atoms with Gasteiger partial charge in [-0.05, 0) is 25.0 Å². The Morgan fingerprint density at radius 2 is 1.90 bits per heavy atom. The molecule has 4 heteroatoms. The molecule has 0 aliphatic rings. The lowest BCUT2D eigenvalue weighted by molar-refractivity contribution is 0.0526. The summed E-state index contributed by atoms with van der Waals surface area (Å²) in [4.78, 5) is 26.1. The van der Waals surface area contributed by atoms with Crippen molar-refractivity contribution in [2.75, 3.05) is 6.61 Å². The van der Waals surface area contributed by atoms with E-state index in [0.717, 1.165) is 23.3 Å². The predicted octanol–water partition coefficient (Wildman–Crippen LogP) is 3.90. The molecule has 0 bridgehead atoms. The maximum absolute atomic E-state index is 12.3. The Morgan fingerprint density at radius 1 is 1.19 bits per heavy atom. The van der Waals surface area contributed by atoms with Crippen molar-refractivity contribution in [2.45, 2.75) is 26.7 Å². The minimum atomic E-state index is -0.541. The summed E-state index contributed by atoms with van der Waals surface area (Å²) in [7, 11) is 0. The molecule has 0 aliphatic carbocycles. The summed E-state index contributed by atoms with van der Waals surface area (Å²) in [5, 5.41) is 0. The van der Waals surface area contributed by atoms with Gasteiger partial charge in [0.1, 0.15) is 5.56 Å². The van der Waals surface area contributed by atoms with E-state index in [9.17, 15) is 9.59 Å². The first-order valence-electron chi connectivity index (χ1n) is 7.07. The van der Waals surface area contributed by atoms with Crippen LogP contribution < -0.4 is 5.43 Å². The van der Waals surface area contributed by atoms with Crippen molar-refractivity contribution in [1.29, 1.82) is 0 Å². The Labute approximate surface area is 128 Å². The van der Waals surface area contributed by atoms with E-state index >= 15 is 0 Å². The average molecular weight is 302 g/mol. The molecule has 3 nitrogen and oxygen atoms in total. The molecule has 0 unspecified atom stereocenters. The first kappa shape index (κ1) is 15.4. The largest absolute Gasteiger partial charge is 0.462 e. The van der Waals surface area contributed by atoms with Gasteiger partial charge in [-0.1, -0.05) is 43.7 Å². The Kier molecular flexibility index (Phi) is 5.28. The van der Waals surface area contributed by atoms with Crippen molar-refractivity contribution in [3.05, 3.63) is 57.1 Å². The molecule has 0 atom stereocenters. The third-order valence-corrected chi connectivity index (χ3v) is 4.24. The average Bonchev–Trinajstić information content (AvgIpc) is 2.48. The summed E-state index contributed by atoms with van der Waals surface area (Å²) in [5.74, 6) is -0.541. The van der Waals surface area contributed by atoms with Crippen molar-refractivity contribution >= 4 is 17.3 Å². The Balaban J connectivity index is 2.63. The number of esters is 1. The highest BCUT2D eigenvalue weighted by Gasteiger charge is 2.19.